The first-order valence-electron chi connectivity index (χ1n) is 5.05. The molecule has 1 aromatic rings. The molecule has 0 saturated heterocycles. The average Bonchev–Trinajstić information content (AvgIpc) is 2.26. The number of carbonyl (C=O) groups is 1. The first-order valence-corrected chi connectivity index (χ1v) is 5.05. The summed E-state index contributed by atoms with van der Waals surface area (Å²) in [4.78, 5) is 10.9. The first kappa shape index (κ1) is 11.6. The van der Waals surface area contributed by atoms with E-state index in [0.29, 0.717) is 11.3 Å². The number of benzene rings is 1. The largest absolute Gasteiger partial charge is 0.483 e. The number of carboxylic acids is 1. The zero-order chi connectivity index (χ0) is 12.6. The number of hydrogen-bond acceptors (Lipinski definition) is 3. The first-order chi connectivity index (χ1) is 7.99. The SMILES string of the molecule is Nc1ccc2c(c1)OC(C(F)F)C(C(=O)O)C2. The van der Waals surface area contributed by atoms with Crippen molar-refractivity contribution in [1.82, 2.24) is 0 Å². The molecule has 2 atom stereocenters. The van der Waals surface area contributed by atoms with Gasteiger partial charge in [0.1, 0.15) is 11.7 Å². The molecule has 0 saturated carbocycles. The van der Waals surface area contributed by atoms with Gasteiger partial charge in [-0.15, -0.1) is 0 Å². The Kier molecular flexibility index (Phi) is 2.87. The van der Waals surface area contributed by atoms with Crippen molar-refractivity contribution in [2.75, 3.05) is 5.73 Å². The minimum absolute atomic E-state index is 0.0277. The lowest BCUT2D eigenvalue weighted by atomic mass is 9.90. The van der Waals surface area contributed by atoms with Gasteiger partial charge in [-0.1, -0.05) is 6.07 Å². The van der Waals surface area contributed by atoms with Gasteiger partial charge in [-0.2, -0.15) is 0 Å². The molecule has 4 nitrogen and oxygen atoms in total. The Morgan fingerprint density at radius 3 is 2.82 bits per heavy atom. The molecule has 0 fully saturated rings. The smallest absolute Gasteiger partial charge is 0.310 e. The van der Waals surface area contributed by atoms with Crippen LogP contribution in [-0.4, -0.2) is 23.6 Å². The summed E-state index contributed by atoms with van der Waals surface area (Å²) >= 11 is 0. The van der Waals surface area contributed by atoms with E-state index in [0.717, 1.165) is 0 Å². The van der Waals surface area contributed by atoms with E-state index < -0.39 is 24.4 Å². The number of aliphatic carboxylic acids is 1. The van der Waals surface area contributed by atoms with Crippen LogP contribution in [0.25, 0.3) is 0 Å². The van der Waals surface area contributed by atoms with E-state index in [1.807, 2.05) is 0 Å². The third-order valence-corrected chi connectivity index (χ3v) is 2.76. The van der Waals surface area contributed by atoms with E-state index in [4.69, 9.17) is 15.6 Å². The highest BCUT2D eigenvalue weighted by Crippen LogP contribution is 2.34. The van der Waals surface area contributed by atoms with Gasteiger partial charge in [0, 0.05) is 11.8 Å². The quantitative estimate of drug-likeness (QED) is 0.773. The molecule has 0 spiro atoms. The molecular weight excluding hydrogens is 232 g/mol. The number of rotatable bonds is 2. The lowest BCUT2D eigenvalue weighted by Gasteiger charge is -2.30. The Balaban J connectivity index is 2.36. The number of halogens is 2. The molecule has 17 heavy (non-hydrogen) atoms. The number of carboxylic acid groups (broad SMARTS) is 1. The van der Waals surface area contributed by atoms with Gasteiger partial charge in [-0.25, -0.2) is 8.78 Å². The van der Waals surface area contributed by atoms with Crippen LogP contribution >= 0.6 is 0 Å². The zero-order valence-corrected chi connectivity index (χ0v) is 8.77. The van der Waals surface area contributed by atoms with Crippen molar-refractivity contribution in [1.29, 1.82) is 0 Å². The maximum Gasteiger partial charge on any atom is 0.310 e. The van der Waals surface area contributed by atoms with Crippen LogP contribution in [0.3, 0.4) is 0 Å². The molecular formula is C11H11F2NO3. The molecule has 2 rings (SSSR count). The molecule has 0 aliphatic carbocycles. The van der Waals surface area contributed by atoms with Gasteiger partial charge < -0.3 is 15.6 Å². The Hall–Kier alpha value is -1.85. The molecule has 2 unspecified atom stereocenters. The Morgan fingerprint density at radius 1 is 1.53 bits per heavy atom. The van der Waals surface area contributed by atoms with Crippen LogP contribution in [0.4, 0.5) is 14.5 Å². The van der Waals surface area contributed by atoms with Crippen molar-refractivity contribution in [2.45, 2.75) is 19.0 Å². The summed E-state index contributed by atoms with van der Waals surface area (Å²) < 4.78 is 30.4. The summed E-state index contributed by atoms with van der Waals surface area (Å²) in [5.41, 5.74) is 6.49. The van der Waals surface area contributed by atoms with E-state index in [-0.39, 0.29) is 12.2 Å². The molecule has 1 aliphatic rings. The second-order valence-corrected chi connectivity index (χ2v) is 3.93. The van der Waals surface area contributed by atoms with E-state index in [1.165, 1.54) is 6.07 Å². The average molecular weight is 243 g/mol. The molecule has 3 N–H and O–H groups in total. The predicted octanol–water partition coefficient (Wildman–Crippen LogP) is 1.54. The molecule has 1 heterocycles. The lowest BCUT2D eigenvalue weighted by Crippen LogP contribution is -2.42. The van der Waals surface area contributed by atoms with Gasteiger partial charge in [0.2, 0.25) is 0 Å². The van der Waals surface area contributed by atoms with Gasteiger partial charge >= 0.3 is 5.97 Å². The number of hydrogen-bond donors (Lipinski definition) is 2. The van der Waals surface area contributed by atoms with Crippen LogP contribution in [0, 0.1) is 5.92 Å². The molecule has 0 radical (unpaired) electrons. The Labute approximate surface area is 96.0 Å². The number of ether oxygens (including phenoxy) is 1. The van der Waals surface area contributed by atoms with E-state index in [9.17, 15) is 13.6 Å². The highest BCUT2D eigenvalue weighted by molar-refractivity contribution is 5.72. The van der Waals surface area contributed by atoms with Gasteiger partial charge in [0.25, 0.3) is 6.43 Å². The summed E-state index contributed by atoms with van der Waals surface area (Å²) in [6, 6.07) is 4.62. The van der Waals surface area contributed by atoms with Crippen molar-refractivity contribution in [3.8, 4) is 5.75 Å². The maximum atomic E-state index is 12.7. The number of nitrogen functional groups attached to an aromatic ring is 1. The van der Waals surface area contributed by atoms with Gasteiger partial charge in [0.05, 0.1) is 0 Å². The van der Waals surface area contributed by atoms with Crippen LogP contribution in [0.2, 0.25) is 0 Å². The number of nitrogens with two attached hydrogens (primary N) is 1. The minimum atomic E-state index is -2.84. The Morgan fingerprint density at radius 2 is 2.24 bits per heavy atom. The summed E-state index contributed by atoms with van der Waals surface area (Å²) in [5.74, 6) is -2.27. The second-order valence-electron chi connectivity index (χ2n) is 3.93. The summed E-state index contributed by atoms with van der Waals surface area (Å²) in [7, 11) is 0. The van der Waals surface area contributed by atoms with E-state index >= 15 is 0 Å². The zero-order valence-electron chi connectivity index (χ0n) is 8.77. The van der Waals surface area contributed by atoms with Crippen LogP contribution in [0.15, 0.2) is 18.2 Å². The fourth-order valence-corrected chi connectivity index (χ4v) is 1.89. The van der Waals surface area contributed by atoms with Gasteiger partial charge in [-0.05, 0) is 18.1 Å². The van der Waals surface area contributed by atoms with Crippen LogP contribution in [0.5, 0.6) is 5.75 Å². The minimum Gasteiger partial charge on any atom is -0.483 e. The third kappa shape index (κ3) is 2.15. The maximum absolute atomic E-state index is 12.7. The molecule has 0 aromatic heterocycles. The molecule has 1 aliphatic heterocycles. The summed E-state index contributed by atoms with van der Waals surface area (Å²) in [6.07, 6.45) is -4.44. The van der Waals surface area contributed by atoms with Crippen LogP contribution < -0.4 is 10.5 Å². The normalized spacial score (nSPS) is 23.0. The summed E-state index contributed by atoms with van der Waals surface area (Å²) in [6.45, 7) is 0. The second kappa shape index (κ2) is 4.20. The molecule has 0 amide bonds. The molecule has 92 valence electrons. The van der Waals surface area contributed by atoms with Crippen LogP contribution in [0.1, 0.15) is 5.56 Å². The fraction of sp³-hybridized carbons (Fsp3) is 0.364. The standard InChI is InChI=1S/C11H11F2NO3/c12-10(13)9-7(11(15)16)3-5-1-2-6(14)4-8(5)17-9/h1-2,4,7,9-10H,3,14H2,(H,15,16). The van der Waals surface area contributed by atoms with E-state index in [2.05, 4.69) is 0 Å². The third-order valence-electron chi connectivity index (χ3n) is 2.76. The fourth-order valence-electron chi connectivity index (χ4n) is 1.89. The van der Waals surface area contributed by atoms with Crippen molar-refractivity contribution in [3.05, 3.63) is 23.8 Å². The molecule has 1 aromatic carbocycles. The van der Waals surface area contributed by atoms with Gasteiger partial charge in [0.15, 0.2) is 6.10 Å². The number of alkyl halides is 2. The van der Waals surface area contributed by atoms with Crippen molar-refractivity contribution >= 4 is 11.7 Å². The van der Waals surface area contributed by atoms with Crippen molar-refractivity contribution in [2.24, 2.45) is 5.92 Å². The van der Waals surface area contributed by atoms with Crippen molar-refractivity contribution in [3.63, 3.8) is 0 Å². The number of fused-ring (bicyclic) bond motifs is 1. The molecule has 6 heteroatoms. The Bertz CT molecular complexity index is 450. The molecule has 0 bridgehead atoms. The highest BCUT2D eigenvalue weighted by atomic mass is 19.3. The lowest BCUT2D eigenvalue weighted by molar-refractivity contribution is -0.150. The highest BCUT2D eigenvalue weighted by Gasteiger charge is 2.40. The van der Waals surface area contributed by atoms with Crippen molar-refractivity contribution < 1.29 is 23.4 Å². The van der Waals surface area contributed by atoms with Crippen LogP contribution in [-0.2, 0) is 11.2 Å². The summed E-state index contributed by atoms with van der Waals surface area (Å²) in [5, 5.41) is 8.90. The van der Waals surface area contributed by atoms with E-state index in [1.54, 1.807) is 12.1 Å². The monoisotopic (exact) mass is 243 g/mol. The number of anilines is 1. The topological polar surface area (TPSA) is 72.5 Å². The predicted molar refractivity (Wildman–Crippen MR) is 56.1 cm³/mol. The van der Waals surface area contributed by atoms with Gasteiger partial charge in [-0.3, -0.25) is 4.79 Å².